The van der Waals surface area contributed by atoms with Crippen LogP contribution in [0.4, 0.5) is 16.5 Å². The summed E-state index contributed by atoms with van der Waals surface area (Å²) in [5, 5.41) is 2.37. The quantitative estimate of drug-likeness (QED) is 0.387. The van der Waals surface area contributed by atoms with Gasteiger partial charge in [-0.1, -0.05) is 30.0 Å². The maximum Gasteiger partial charge on any atom is 0.270 e. The first-order valence-electron chi connectivity index (χ1n) is 9.36. The standard InChI is InChI=1S/C22H18N4O2S3/c1-13-6-7-17(9-14(13)2)25(15(3)27)21-24-16(12-30-21)10-19-20(28)26(22(29)31-19)18-5-4-8-23-11-18/h4-12H,1-3H3/b19-10-. The first-order valence-corrected chi connectivity index (χ1v) is 11.5. The number of amides is 2. The minimum Gasteiger partial charge on any atom is -0.274 e. The number of thioether (sulfide) groups is 1. The topological polar surface area (TPSA) is 66.4 Å². The smallest absolute Gasteiger partial charge is 0.270 e. The van der Waals surface area contributed by atoms with Gasteiger partial charge in [0.05, 0.1) is 28.2 Å². The zero-order valence-corrected chi connectivity index (χ0v) is 19.5. The molecule has 3 aromatic rings. The number of nitrogens with zero attached hydrogens (tertiary/aromatic N) is 4. The van der Waals surface area contributed by atoms with Crippen LogP contribution in [0.1, 0.15) is 23.7 Å². The number of thiocarbonyl (C=S) groups is 1. The van der Waals surface area contributed by atoms with Crippen molar-refractivity contribution in [2.24, 2.45) is 0 Å². The van der Waals surface area contributed by atoms with E-state index in [0.717, 1.165) is 16.8 Å². The lowest BCUT2D eigenvalue weighted by molar-refractivity contribution is -0.116. The van der Waals surface area contributed by atoms with Gasteiger partial charge < -0.3 is 0 Å². The second kappa shape index (κ2) is 8.70. The Morgan fingerprint density at radius 1 is 1.23 bits per heavy atom. The fourth-order valence-electron chi connectivity index (χ4n) is 3.05. The van der Waals surface area contributed by atoms with Crippen molar-refractivity contribution >= 4 is 74.0 Å². The number of aryl methyl sites for hydroxylation is 2. The number of thiazole rings is 1. The van der Waals surface area contributed by atoms with Gasteiger partial charge in [0.1, 0.15) is 0 Å². The Labute approximate surface area is 193 Å². The SMILES string of the molecule is CC(=O)N(c1ccc(C)c(C)c1)c1nc(/C=C2\SC(=S)N(c3cccnc3)C2=O)cs1. The van der Waals surface area contributed by atoms with Gasteiger partial charge in [-0.05, 0) is 55.3 Å². The predicted octanol–water partition coefficient (Wildman–Crippen LogP) is 5.25. The summed E-state index contributed by atoms with van der Waals surface area (Å²) >= 11 is 7.96. The molecule has 3 heterocycles. The molecule has 0 unspecified atom stereocenters. The highest BCUT2D eigenvalue weighted by Gasteiger charge is 2.33. The molecule has 0 atom stereocenters. The molecule has 0 N–H and O–H groups in total. The van der Waals surface area contributed by atoms with E-state index in [9.17, 15) is 9.59 Å². The first kappa shape index (κ1) is 21.4. The summed E-state index contributed by atoms with van der Waals surface area (Å²) < 4.78 is 0.445. The lowest BCUT2D eigenvalue weighted by Gasteiger charge is -2.19. The molecular formula is C22H18N4O2S3. The van der Waals surface area contributed by atoms with Gasteiger partial charge in [-0.3, -0.25) is 24.4 Å². The van der Waals surface area contributed by atoms with E-state index in [1.165, 1.54) is 34.9 Å². The van der Waals surface area contributed by atoms with Crippen molar-refractivity contribution in [1.82, 2.24) is 9.97 Å². The number of anilines is 3. The molecule has 2 aromatic heterocycles. The van der Waals surface area contributed by atoms with Crippen molar-refractivity contribution in [3.63, 3.8) is 0 Å². The van der Waals surface area contributed by atoms with Crippen molar-refractivity contribution in [3.8, 4) is 0 Å². The number of rotatable bonds is 4. The lowest BCUT2D eigenvalue weighted by Crippen LogP contribution is -2.27. The number of benzene rings is 1. The third-order valence-corrected chi connectivity index (χ3v) is 6.89. The van der Waals surface area contributed by atoms with Crippen LogP contribution < -0.4 is 9.80 Å². The van der Waals surface area contributed by atoms with Crippen LogP contribution in [0.25, 0.3) is 6.08 Å². The lowest BCUT2D eigenvalue weighted by atomic mass is 10.1. The molecule has 31 heavy (non-hydrogen) atoms. The summed E-state index contributed by atoms with van der Waals surface area (Å²) in [6, 6.07) is 9.41. The molecular weight excluding hydrogens is 448 g/mol. The maximum absolute atomic E-state index is 12.9. The Bertz CT molecular complexity index is 1220. The zero-order chi connectivity index (χ0) is 22.1. The molecule has 0 saturated carbocycles. The summed E-state index contributed by atoms with van der Waals surface area (Å²) in [5.41, 5.74) is 4.24. The summed E-state index contributed by atoms with van der Waals surface area (Å²) in [6.07, 6.45) is 4.95. The van der Waals surface area contributed by atoms with Crippen LogP contribution in [0.3, 0.4) is 0 Å². The number of carbonyl (C=O) groups excluding carboxylic acids is 2. The van der Waals surface area contributed by atoms with Crippen molar-refractivity contribution < 1.29 is 9.59 Å². The van der Waals surface area contributed by atoms with Crippen molar-refractivity contribution in [3.05, 3.63) is 69.8 Å². The van der Waals surface area contributed by atoms with Crippen LogP contribution in [0.2, 0.25) is 0 Å². The van der Waals surface area contributed by atoms with Gasteiger partial charge in [-0.2, -0.15) is 0 Å². The molecule has 6 nitrogen and oxygen atoms in total. The molecule has 2 amide bonds. The fraction of sp³-hybridized carbons (Fsp3) is 0.136. The molecule has 4 rings (SSSR count). The summed E-state index contributed by atoms with van der Waals surface area (Å²) in [5.74, 6) is -0.345. The van der Waals surface area contributed by atoms with Crippen molar-refractivity contribution in [1.29, 1.82) is 0 Å². The number of hydrogen-bond acceptors (Lipinski definition) is 7. The number of pyridine rings is 1. The van der Waals surface area contributed by atoms with Gasteiger partial charge in [-0.15, -0.1) is 11.3 Å². The van der Waals surface area contributed by atoms with Gasteiger partial charge in [-0.25, -0.2) is 4.98 Å². The van der Waals surface area contributed by atoms with Crippen LogP contribution in [0.5, 0.6) is 0 Å². The van der Waals surface area contributed by atoms with E-state index in [1.807, 2.05) is 37.4 Å². The van der Waals surface area contributed by atoms with Crippen molar-refractivity contribution in [2.75, 3.05) is 9.80 Å². The van der Waals surface area contributed by atoms with Crippen LogP contribution in [-0.2, 0) is 9.59 Å². The van der Waals surface area contributed by atoms with Crippen LogP contribution >= 0.6 is 35.3 Å². The predicted molar refractivity (Wildman–Crippen MR) is 131 cm³/mol. The van der Waals surface area contributed by atoms with E-state index < -0.39 is 0 Å². The van der Waals surface area contributed by atoms with E-state index in [0.29, 0.717) is 25.7 Å². The highest BCUT2D eigenvalue weighted by atomic mass is 32.2. The van der Waals surface area contributed by atoms with Gasteiger partial charge in [0.2, 0.25) is 5.91 Å². The average Bonchev–Trinajstić information content (AvgIpc) is 3.29. The Morgan fingerprint density at radius 3 is 2.71 bits per heavy atom. The van der Waals surface area contributed by atoms with Crippen molar-refractivity contribution in [2.45, 2.75) is 20.8 Å². The fourth-order valence-corrected chi connectivity index (χ4v) is 5.18. The molecule has 1 saturated heterocycles. The molecule has 1 aliphatic rings. The molecule has 0 radical (unpaired) electrons. The number of hydrogen-bond donors (Lipinski definition) is 0. The average molecular weight is 467 g/mol. The van der Waals surface area contributed by atoms with E-state index in [-0.39, 0.29) is 11.8 Å². The second-order valence-corrected chi connectivity index (χ2v) is 9.42. The number of carbonyl (C=O) groups is 2. The van der Waals surface area contributed by atoms with Crippen LogP contribution in [0, 0.1) is 13.8 Å². The zero-order valence-electron chi connectivity index (χ0n) is 17.0. The van der Waals surface area contributed by atoms with Crippen LogP contribution in [-0.4, -0.2) is 26.1 Å². The third-order valence-electron chi connectivity index (χ3n) is 4.74. The largest absolute Gasteiger partial charge is 0.274 e. The van der Waals surface area contributed by atoms with Gasteiger partial charge >= 0.3 is 0 Å². The molecule has 1 fully saturated rings. The molecule has 0 spiro atoms. The van der Waals surface area contributed by atoms with Crippen LogP contribution in [0.15, 0.2) is 53.0 Å². The molecule has 0 aliphatic carbocycles. The maximum atomic E-state index is 12.9. The molecule has 9 heteroatoms. The summed E-state index contributed by atoms with van der Waals surface area (Å²) in [6.45, 7) is 5.55. The van der Waals surface area contributed by atoms with Gasteiger partial charge in [0.25, 0.3) is 5.91 Å². The normalized spacial score (nSPS) is 15.1. The molecule has 1 aliphatic heterocycles. The second-order valence-electron chi connectivity index (χ2n) is 6.91. The Morgan fingerprint density at radius 2 is 2.03 bits per heavy atom. The number of aromatic nitrogens is 2. The molecule has 0 bridgehead atoms. The Kier molecular flexibility index (Phi) is 5.99. The van der Waals surface area contributed by atoms with E-state index in [4.69, 9.17) is 12.2 Å². The monoisotopic (exact) mass is 466 g/mol. The minimum absolute atomic E-state index is 0.132. The van der Waals surface area contributed by atoms with E-state index >= 15 is 0 Å². The summed E-state index contributed by atoms with van der Waals surface area (Å²) in [7, 11) is 0. The highest BCUT2D eigenvalue weighted by molar-refractivity contribution is 8.27. The van der Waals surface area contributed by atoms with Gasteiger partial charge in [0, 0.05) is 18.5 Å². The third kappa shape index (κ3) is 4.30. The Balaban J connectivity index is 1.63. The first-order chi connectivity index (χ1) is 14.8. The Hall–Kier alpha value is -2.88. The molecule has 156 valence electrons. The summed E-state index contributed by atoms with van der Waals surface area (Å²) in [4.78, 5) is 37.4. The highest BCUT2D eigenvalue weighted by Crippen LogP contribution is 2.37. The van der Waals surface area contributed by atoms with E-state index in [2.05, 4.69) is 9.97 Å². The molecule has 1 aromatic carbocycles. The van der Waals surface area contributed by atoms with Gasteiger partial charge in [0.15, 0.2) is 9.45 Å². The minimum atomic E-state index is -0.213. The van der Waals surface area contributed by atoms with E-state index in [1.54, 1.807) is 35.5 Å².